The van der Waals surface area contributed by atoms with Crippen LogP contribution in [0.4, 0.5) is 14.9 Å². The Morgan fingerprint density at radius 1 is 1.07 bits per heavy atom. The molecule has 6 heteroatoms. The second kappa shape index (κ2) is 7.78. The first-order valence-corrected chi connectivity index (χ1v) is 9.65. The van der Waals surface area contributed by atoms with Crippen LogP contribution in [0.5, 0.6) is 0 Å². The van der Waals surface area contributed by atoms with Crippen molar-refractivity contribution in [2.45, 2.75) is 13.5 Å². The van der Waals surface area contributed by atoms with E-state index in [1.807, 2.05) is 30.3 Å². The highest BCUT2D eigenvalue weighted by molar-refractivity contribution is 7.21. The van der Waals surface area contributed by atoms with Crippen LogP contribution in [0, 0.1) is 12.7 Å². The number of aromatic nitrogens is 1. The second-order valence-corrected chi connectivity index (χ2v) is 7.54. The molecular formula is C22H18FN3OS. The molecule has 0 aliphatic heterocycles. The average molecular weight is 391 g/mol. The predicted molar refractivity (Wildman–Crippen MR) is 112 cm³/mol. The van der Waals surface area contributed by atoms with Crippen molar-refractivity contribution in [3.63, 3.8) is 0 Å². The molecule has 4 nitrogen and oxygen atoms in total. The molecule has 0 atom stereocenters. The molecule has 0 fully saturated rings. The van der Waals surface area contributed by atoms with Gasteiger partial charge in [0.2, 0.25) is 0 Å². The van der Waals surface area contributed by atoms with E-state index in [9.17, 15) is 9.18 Å². The van der Waals surface area contributed by atoms with Crippen molar-refractivity contribution in [1.82, 2.24) is 10.3 Å². The van der Waals surface area contributed by atoms with Gasteiger partial charge in [0.25, 0.3) is 0 Å². The van der Waals surface area contributed by atoms with Crippen molar-refractivity contribution in [3.05, 3.63) is 83.7 Å². The van der Waals surface area contributed by atoms with Crippen LogP contribution in [0.1, 0.15) is 11.1 Å². The van der Waals surface area contributed by atoms with Crippen LogP contribution in [-0.2, 0) is 6.54 Å². The summed E-state index contributed by atoms with van der Waals surface area (Å²) in [6, 6.07) is 19.6. The number of nitrogens with one attached hydrogen (secondary N) is 2. The molecule has 28 heavy (non-hydrogen) atoms. The minimum Gasteiger partial charge on any atom is -0.334 e. The first-order chi connectivity index (χ1) is 13.6. The van der Waals surface area contributed by atoms with E-state index in [-0.39, 0.29) is 18.4 Å². The van der Waals surface area contributed by atoms with Gasteiger partial charge >= 0.3 is 6.03 Å². The smallest absolute Gasteiger partial charge is 0.319 e. The van der Waals surface area contributed by atoms with Gasteiger partial charge in [0.1, 0.15) is 10.8 Å². The summed E-state index contributed by atoms with van der Waals surface area (Å²) in [5.74, 6) is -0.319. The van der Waals surface area contributed by atoms with Gasteiger partial charge in [0, 0.05) is 17.8 Å². The van der Waals surface area contributed by atoms with Gasteiger partial charge < -0.3 is 10.6 Å². The van der Waals surface area contributed by atoms with E-state index in [1.165, 1.54) is 17.7 Å². The van der Waals surface area contributed by atoms with Crippen LogP contribution >= 0.6 is 11.3 Å². The summed E-state index contributed by atoms with van der Waals surface area (Å²) in [7, 11) is 0. The van der Waals surface area contributed by atoms with Gasteiger partial charge in [0.05, 0.1) is 10.2 Å². The highest BCUT2D eigenvalue weighted by Gasteiger charge is 2.07. The van der Waals surface area contributed by atoms with Gasteiger partial charge in [0.15, 0.2) is 0 Å². The minimum absolute atomic E-state index is 0.257. The first-order valence-electron chi connectivity index (χ1n) is 8.84. The van der Waals surface area contributed by atoms with Crippen molar-refractivity contribution in [2.75, 3.05) is 5.32 Å². The lowest BCUT2D eigenvalue weighted by Crippen LogP contribution is -2.28. The number of nitrogens with zero attached hydrogens (tertiary/aromatic N) is 1. The lowest BCUT2D eigenvalue weighted by Gasteiger charge is -2.08. The van der Waals surface area contributed by atoms with E-state index in [0.717, 1.165) is 20.8 Å². The Kier molecular flexibility index (Phi) is 5.04. The van der Waals surface area contributed by atoms with E-state index >= 15 is 0 Å². The SMILES string of the molecule is Cc1ccc2nc(-c3ccc(NC(=O)NCc4cccc(F)c4)cc3)sc2c1. The zero-order chi connectivity index (χ0) is 19.5. The standard InChI is InChI=1S/C22H18FN3OS/c1-14-5-10-19-20(11-14)28-21(26-19)16-6-8-18(9-7-16)25-22(27)24-13-15-3-2-4-17(23)12-15/h2-12H,13H2,1H3,(H2,24,25,27). The summed E-state index contributed by atoms with van der Waals surface area (Å²) < 4.78 is 14.3. The van der Waals surface area contributed by atoms with Crippen molar-refractivity contribution in [1.29, 1.82) is 0 Å². The summed E-state index contributed by atoms with van der Waals surface area (Å²) in [6.07, 6.45) is 0. The number of urea groups is 1. The third-order valence-electron chi connectivity index (χ3n) is 4.28. The van der Waals surface area contributed by atoms with Crippen LogP contribution in [0.2, 0.25) is 0 Å². The Balaban J connectivity index is 1.40. The molecule has 0 radical (unpaired) electrons. The number of benzene rings is 3. The highest BCUT2D eigenvalue weighted by atomic mass is 32.1. The number of carbonyl (C=O) groups is 1. The molecule has 140 valence electrons. The lowest BCUT2D eigenvalue weighted by molar-refractivity contribution is 0.251. The maximum Gasteiger partial charge on any atom is 0.319 e. The minimum atomic E-state index is -0.340. The van der Waals surface area contributed by atoms with Crippen molar-refractivity contribution >= 4 is 33.3 Å². The van der Waals surface area contributed by atoms with E-state index in [2.05, 4.69) is 34.7 Å². The largest absolute Gasteiger partial charge is 0.334 e. The first kappa shape index (κ1) is 18.1. The Bertz CT molecular complexity index is 1140. The van der Waals surface area contributed by atoms with E-state index in [4.69, 9.17) is 0 Å². The number of carbonyl (C=O) groups excluding carboxylic acids is 1. The molecule has 2 N–H and O–H groups in total. The lowest BCUT2D eigenvalue weighted by atomic mass is 10.2. The van der Waals surface area contributed by atoms with Crippen LogP contribution in [0.25, 0.3) is 20.8 Å². The Hall–Kier alpha value is -3.25. The molecule has 2 amide bonds. The molecule has 0 aliphatic carbocycles. The maximum absolute atomic E-state index is 13.2. The Labute approximate surface area is 166 Å². The zero-order valence-corrected chi connectivity index (χ0v) is 16.0. The zero-order valence-electron chi connectivity index (χ0n) is 15.2. The van der Waals surface area contributed by atoms with Crippen LogP contribution in [0.15, 0.2) is 66.7 Å². The van der Waals surface area contributed by atoms with Crippen molar-refractivity contribution < 1.29 is 9.18 Å². The number of anilines is 1. The van der Waals surface area contributed by atoms with Gasteiger partial charge in [-0.1, -0.05) is 18.2 Å². The van der Waals surface area contributed by atoms with Gasteiger partial charge in [-0.3, -0.25) is 0 Å². The number of hydrogen-bond acceptors (Lipinski definition) is 3. The third kappa shape index (κ3) is 4.18. The van der Waals surface area contributed by atoms with Crippen LogP contribution in [-0.4, -0.2) is 11.0 Å². The predicted octanol–water partition coefficient (Wildman–Crippen LogP) is 5.73. The van der Waals surface area contributed by atoms with Crippen molar-refractivity contribution in [3.8, 4) is 10.6 Å². The molecule has 0 saturated carbocycles. The Morgan fingerprint density at radius 2 is 1.89 bits per heavy atom. The molecule has 0 saturated heterocycles. The molecule has 4 aromatic rings. The van der Waals surface area contributed by atoms with Gasteiger partial charge in [-0.15, -0.1) is 11.3 Å². The number of aryl methyl sites for hydroxylation is 1. The molecule has 0 aliphatic rings. The molecule has 1 aromatic heterocycles. The number of hydrogen-bond donors (Lipinski definition) is 2. The van der Waals surface area contributed by atoms with Gasteiger partial charge in [-0.2, -0.15) is 0 Å². The average Bonchev–Trinajstić information content (AvgIpc) is 3.10. The molecule has 0 bridgehead atoms. The third-order valence-corrected chi connectivity index (χ3v) is 5.34. The summed E-state index contributed by atoms with van der Waals surface area (Å²) in [4.78, 5) is 16.7. The number of fused-ring (bicyclic) bond motifs is 1. The van der Waals surface area contributed by atoms with Crippen molar-refractivity contribution in [2.24, 2.45) is 0 Å². The summed E-state index contributed by atoms with van der Waals surface area (Å²) >= 11 is 1.65. The topological polar surface area (TPSA) is 54.0 Å². The van der Waals surface area contributed by atoms with Gasteiger partial charge in [-0.25, -0.2) is 14.2 Å². The fourth-order valence-corrected chi connectivity index (χ4v) is 3.93. The molecule has 4 rings (SSSR count). The number of amides is 2. The number of rotatable bonds is 4. The molecule has 0 unspecified atom stereocenters. The van der Waals surface area contributed by atoms with E-state index < -0.39 is 0 Å². The summed E-state index contributed by atoms with van der Waals surface area (Å²) in [5.41, 5.74) is 4.59. The van der Waals surface area contributed by atoms with Crippen LogP contribution in [0.3, 0.4) is 0 Å². The summed E-state index contributed by atoms with van der Waals surface area (Å²) in [5, 5.41) is 6.44. The number of halogens is 1. The molecule has 1 heterocycles. The van der Waals surface area contributed by atoms with Gasteiger partial charge in [-0.05, 0) is 66.6 Å². The Morgan fingerprint density at radius 3 is 2.68 bits per heavy atom. The van der Waals surface area contributed by atoms with E-state index in [0.29, 0.717) is 11.3 Å². The summed E-state index contributed by atoms with van der Waals surface area (Å²) in [6.45, 7) is 2.32. The fourth-order valence-electron chi connectivity index (χ4n) is 2.86. The fraction of sp³-hybridized carbons (Fsp3) is 0.0909. The normalized spacial score (nSPS) is 10.8. The quantitative estimate of drug-likeness (QED) is 0.467. The second-order valence-electron chi connectivity index (χ2n) is 6.51. The molecule has 0 spiro atoms. The number of thiazole rings is 1. The highest BCUT2D eigenvalue weighted by Crippen LogP contribution is 2.31. The van der Waals surface area contributed by atoms with Crippen LogP contribution < -0.4 is 10.6 Å². The van der Waals surface area contributed by atoms with E-state index in [1.54, 1.807) is 23.5 Å². The monoisotopic (exact) mass is 391 g/mol. The maximum atomic E-state index is 13.2. The molecular weight excluding hydrogens is 373 g/mol. The molecule has 3 aromatic carbocycles.